The highest BCUT2D eigenvalue weighted by Gasteiger charge is 2.38. The van der Waals surface area contributed by atoms with Crippen LogP contribution in [0.4, 0.5) is 5.69 Å². The molecule has 0 aliphatic carbocycles. The second kappa shape index (κ2) is 11.1. The third-order valence-electron chi connectivity index (χ3n) is 6.10. The number of piperazine rings is 1. The van der Waals surface area contributed by atoms with Gasteiger partial charge in [0.1, 0.15) is 29.0 Å². The Labute approximate surface area is 199 Å². The van der Waals surface area contributed by atoms with Crippen molar-refractivity contribution in [3.63, 3.8) is 0 Å². The van der Waals surface area contributed by atoms with E-state index in [4.69, 9.17) is 14.2 Å². The fourth-order valence-corrected chi connectivity index (χ4v) is 5.34. The van der Waals surface area contributed by atoms with Crippen LogP contribution in [0.25, 0.3) is 0 Å². The zero-order chi connectivity index (χ0) is 23.2. The highest BCUT2D eigenvalue weighted by Crippen LogP contribution is 2.40. The standard InChI is InChI=1S/C25H32N2O5S/c1-18-23(28)24(33-22-17-20(30-2)9-10-21(22)32-18)25(29)31-16-6-11-26-12-14-27(15-13-26)19-7-4-3-5-8-19/h3-5,7-10,17-18,23-24,28H,6,11-16H2,1-2H3/t18?,23-,24+/m0/s1. The van der Waals surface area contributed by atoms with Crippen LogP contribution in [0.15, 0.2) is 53.4 Å². The van der Waals surface area contributed by atoms with Gasteiger partial charge in [-0.3, -0.25) is 9.69 Å². The second-order valence-corrected chi connectivity index (χ2v) is 9.53. The van der Waals surface area contributed by atoms with E-state index in [9.17, 15) is 9.90 Å². The van der Waals surface area contributed by atoms with Gasteiger partial charge < -0.3 is 24.2 Å². The third-order valence-corrected chi connectivity index (χ3v) is 7.40. The van der Waals surface area contributed by atoms with Gasteiger partial charge >= 0.3 is 5.97 Å². The monoisotopic (exact) mass is 472 g/mol. The molecule has 0 aromatic heterocycles. The average Bonchev–Trinajstić information content (AvgIpc) is 2.98. The number of carbonyl (C=O) groups excluding carboxylic acids is 1. The molecule has 1 unspecified atom stereocenters. The SMILES string of the molecule is COc1ccc2c(c1)S[C@@H](C(=O)OCCCN1CCN(c3ccccc3)CC1)[C@@H](O)C(C)O2. The van der Waals surface area contributed by atoms with Gasteiger partial charge in [0.05, 0.1) is 18.6 Å². The number of thioether (sulfide) groups is 1. The predicted octanol–water partition coefficient (Wildman–Crippen LogP) is 3.05. The highest BCUT2D eigenvalue weighted by molar-refractivity contribution is 8.00. The molecule has 0 amide bonds. The van der Waals surface area contributed by atoms with Crippen LogP contribution in [0.2, 0.25) is 0 Å². The summed E-state index contributed by atoms with van der Waals surface area (Å²) < 4.78 is 16.7. The molecule has 2 aromatic rings. The molecule has 4 rings (SSSR count). The van der Waals surface area contributed by atoms with Crippen LogP contribution < -0.4 is 14.4 Å². The summed E-state index contributed by atoms with van der Waals surface area (Å²) in [7, 11) is 1.59. The largest absolute Gasteiger partial charge is 0.497 e. The number of aliphatic hydroxyl groups excluding tert-OH is 1. The molecule has 2 aliphatic rings. The Morgan fingerprint density at radius 2 is 1.91 bits per heavy atom. The van der Waals surface area contributed by atoms with Gasteiger partial charge in [0, 0.05) is 38.4 Å². The van der Waals surface area contributed by atoms with Crippen LogP contribution in [0.5, 0.6) is 11.5 Å². The molecule has 2 aliphatic heterocycles. The van der Waals surface area contributed by atoms with Gasteiger partial charge in [-0.15, -0.1) is 11.8 Å². The molecule has 2 aromatic carbocycles. The molecule has 2 heterocycles. The van der Waals surface area contributed by atoms with Crippen LogP contribution in [0.1, 0.15) is 13.3 Å². The number of nitrogens with zero attached hydrogens (tertiary/aromatic N) is 2. The van der Waals surface area contributed by atoms with Crippen LogP contribution in [0, 0.1) is 0 Å². The first-order chi connectivity index (χ1) is 16.0. The number of rotatable bonds is 7. The Bertz CT molecular complexity index is 920. The van der Waals surface area contributed by atoms with E-state index in [1.54, 1.807) is 26.2 Å². The molecule has 0 bridgehead atoms. The molecule has 178 valence electrons. The Hall–Kier alpha value is -2.42. The number of aliphatic hydroxyl groups is 1. The molecule has 0 spiro atoms. The lowest BCUT2D eigenvalue weighted by Crippen LogP contribution is -2.46. The summed E-state index contributed by atoms with van der Waals surface area (Å²) in [6.07, 6.45) is -0.723. The quantitative estimate of drug-likeness (QED) is 0.487. The minimum absolute atomic E-state index is 0.335. The van der Waals surface area contributed by atoms with E-state index in [1.165, 1.54) is 17.4 Å². The summed E-state index contributed by atoms with van der Waals surface area (Å²) >= 11 is 1.27. The van der Waals surface area contributed by atoms with Crippen LogP contribution in [-0.2, 0) is 9.53 Å². The topological polar surface area (TPSA) is 71.5 Å². The van der Waals surface area contributed by atoms with Crippen molar-refractivity contribution in [3.05, 3.63) is 48.5 Å². The van der Waals surface area contributed by atoms with Crippen molar-refractivity contribution in [2.45, 2.75) is 35.7 Å². The smallest absolute Gasteiger partial charge is 0.322 e. The summed E-state index contributed by atoms with van der Waals surface area (Å²) in [5.41, 5.74) is 1.27. The van der Waals surface area contributed by atoms with E-state index in [0.29, 0.717) is 18.1 Å². The molecule has 3 atom stereocenters. The van der Waals surface area contributed by atoms with Crippen molar-refractivity contribution in [1.29, 1.82) is 0 Å². The van der Waals surface area contributed by atoms with E-state index in [0.717, 1.165) is 44.0 Å². The fourth-order valence-electron chi connectivity index (χ4n) is 4.13. The number of carbonyl (C=O) groups is 1. The first-order valence-electron chi connectivity index (χ1n) is 11.4. The molecule has 1 fully saturated rings. The van der Waals surface area contributed by atoms with Gasteiger partial charge in [-0.1, -0.05) is 18.2 Å². The number of methoxy groups -OCH3 is 1. The van der Waals surface area contributed by atoms with Crippen LogP contribution >= 0.6 is 11.8 Å². The number of anilines is 1. The van der Waals surface area contributed by atoms with Gasteiger partial charge in [-0.25, -0.2) is 0 Å². The maximum atomic E-state index is 12.8. The lowest BCUT2D eigenvalue weighted by molar-refractivity contribution is -0.146. The van der Waals surface area contributed by atoms with Crippen molar-refractivity contribution < 1.29 is 24.1 Å². The zero-order valence-corrected chi connectivity index (χ0v) is 20.0. The maximum absolute atomic E-state index is 12.8. The lowest BCUT2D eigenvalue weighted by atomic mass is 10.1. The molecule has 33 heavy (non-hydrogen) atoms. The summed E-state index contributed by atoms with van der Waals surface area (Å²) in [5.74, 6) is 0.901. The minimum Gasteiger partial charge on any atom is -0.497 e. The van der Waals surface area contributed by atoms with E-state index < -0.39 is 23.4 Å². The van der Waals surface area contributed by atoms with Crippen molar-refractivity contribution in [1.82, 2.24) is 4.90 Å². The Morgan fingerprint density at radius 1 is 1.15 bits per heavy atom. The Balaban J connectivity index is 1.24. The Kier molecular flexibility index (Phi) is 8.01. The number of benzene rings is 2. The normalized spacial score (nSPS) is 23.2. The van der Waals surface area contributed by atoms with Crippen LogP contribution in [-0.4, -0.2) is 79.9 Å². The summed E-state index contributed by atoms with van der Waals surface area (Å²) in [6, 6.07) is 15.9. The lowest BCUT2D eigenvalue weighted by Gasteiger charge is -2.36. The van der Waals surface area contributed by atoms with E-state index in [-0.39, 0.29) is 0 Å². The van der Waals surface area contributed by atoms with E-state index >= 15 is 0 Å². The second-order valence-electron chi connectivity index (χ2n) is 8.35. The molecule has 1 N–H and O–H groups in total. The first kappa shape index (κ1) is 23.7. The van der Waals surface area contributed by atoms with E-state index in [1.807, 2.05) is 12.1 Å². The summed E-state index contributed by atoms with van der Waals surface area (Å²) in [6.45, 7) is 6.96. The highest BCUT2D eigenvalue weighted by atomic mass is 32.2. The summed E-state index contributed by atoms with van der Waals surface area (Å²) in [4.78, 5) is 18.4. The maximum Gasteiger partial charge on any atom is 0.322 e. The third kappa shape index (κ3) is 5.93. The molecule has 0 radical (unpaired) electrons. The number of hydrogen-bond acceptors (Lipinski definition) is 8. The number of para-hydroxylation sites is 1. The van der Waals surface area contributed by atoms with Gasteiger partial charge in [0.25, 0.3) is 0 Å². The van der Waals surface area contributed by atoms with Gasteiger partial charge in [-0.05, 0) is 43.7 Å². The fraction of sp³-hybridized carbons (Fsp3) is 0.480. The van der Waals surface area contributed by atoms with Crippen molar-refractivity contribution >= 4 is 23.4 Å². The Morgan fingerprint density at radius 3 is 2.64 bits per heavy atom. The number of esters is 1. The van der Waals surface area contributed by atoms with Gasteiger partial charge in [0.2, 0.25) is 0 Å². The average molecular weight is 473 g/mol. The molecular formula is C25H32N2O5S. The van der Waals surface area contributed by atoms with Crippen molar-refractivity contribution in [3.8, 4) is 11.5 Å². The van der Waals surface area contributed by atoms with Crippen molar-refractivity contribution in [2.24, 2.45) is 0 Å². The minimum atomic E-state index is -0.966. The zero-order valence-electron chi connectivity index (χ0n) is 19.2. The first-order valence-corrected chi connectivity index (χ1v) is 12.3. The van der Waals surface area contributed by atoms with Crippen LogP contribution in [0.3, 0.4) is 0 Å². The van der Waals surface area contributed by atoms with Gasteiger partial charge in [-0.2, -0.15) is 0 Å². The summed E-state index contributed by atoms with van der Waals surface area (Å²) in [5, 5.41) is 9.93. The molecular weight excluding hydrogens is 440 g/mol. The predicted molar refractivity (Wildman–Crippen MR) is 129 cm³/mol. The molecule has 8 heteroatoms. The number of ether oxygens (including phenoxy) is 3. The van der Waals surface area contributed by atoms with Gasteiger partial charge in [0.15, 0.2) is 0 Å². The number of fused-ring (bicyclic) bond motifs is 1. The van der Waals surface area contributed by atoms with Crippen molar-refractivity contribution in [2.75, 3.05) is 51.3 Å². The molecule has 7 nitrogen and oxygen atoms in total. The number of hydrogen-bond donors (Lipinski definition) is 1. The molecule has 0 saturated carbocycles. The molecule has 1 saturated heterocycles. The van der Waals surface area contributed by atoms with E-state index in [2.05, 4.69) is 34.1 Å².